The summed E-state index contributed by atoms with van der Waals surface area (Å²) in [6, 6.07) is 1.41. The SMILES string of the molecule is CC(C)(C)OC(=O)n1ccc(OCCC(F)(F)P)n1. The molecule has 0 N–H and O–H groups in total. The molecule has 0 radical (unpaired) electrons. The molecule has 1 unspecified atom stereocenters. The number of aromatic nitrogens is 2. The normalized spacial score (nSPS) is 12.3. The van der Waals surface area contributed by atoms with Crippen molar-refractivity contribution in [2.45, 2.75) is 38.5 Å². The fraction of sp³-hybridized carbons (Fsp3) is 0.636. The minimum atomic E-state index is -2.87. The van der Waals surface area contributed by atoms with Crippen molar-refractivity contribution < 1.29 is 23.0 Å². The van der Waals surface area contributed by atoms with Gasteiger partial charge >= 0.3 is 6.09 Å². The maximum Gasteiger partial charge on any atom is 0.435 e. The van der Waals surface area contributed by atoms with Crippen molar-refractivity contribution in [3.05, 3.63) is 12.3 Å². The Hall–Kier alpha value is -1.23. The zero-order valence-corrected chi connectivity index (χ0v) is 12.2. The number of nitrogens with zero attached hydrogens (tertiary/aromatic N) is 2. The van der Waals surface area contributed by atoms with Crippen LogP contribution in [0.1, 0.15) is 27.2 Å². The zero-order valence-electron chi connectivity index (χ0n) is 11.0. The van der Waals surface area contributed by atoms with E-state index in [1.165, 1.54) is 21.5 Å². The highest BCUT2D eigenvalue weighted by Gasteiger charge is 2.22. The molecule has 1 aromatic heterocycles. The van der Waals surface area contributed by atoms with Crippen molar-refractivity contribution in [2.75, 3.05) is 6.61 Å². The summed E-state index contributed by atoms with van der Waals surface area (Å²) >= 11 is 0. The van der Waals surface area contributed by atoms with Gasteiger partial charge in [-0.2, -0.15) is 4.68 Å². The summed E-state index contributed by atoms with van der Waals surface area (Å²) in [5.74, 6) is 0.0973. The van der Waals surface area contributed by atoms with Crippen LogP contribution in [-0.2, 0) is 4.74 Å². The molecule has 1 heterocycles. The van der Waals surface area contributed by atoms with E-state index in [2.05, 4.69) is 5.10 Å². The number of hydrogen-bond donors (Lipinski definition) is 0. The lowest BCUT2D eigenvalue weighted by molar-refractivity contribution is 0.0506. The number of rotatable bonds is 4. The largest absolute Gasteiger partial charge is 0.476 e. The Kier molecular flexibility index (Phi) is 4.85. The summed E-state index contributed by atoms with van der Waals surface area (Å²) < 4.78 is 36.1. The molecule has 5 nitrogen and oxygen atoms in total. The van der Waals surface area contributed by atoms with Crippen LogP contribution in [0.4, 0.5) is 13.6 Å². The maximum atomic E-state index is 12.5. The number of hydrogen-bond acceptors (Lipinski definition) is 4. The Morgan fingerprint density at radius 2 is 2.11 bits per heavy atom. The van der Waals surface area contributed by atoms with Gasteiger partial charge in [-0.25, -0.2) is 13.6 Å². The van der Waals surface area contributed by atoms with E-state index in [0.29, 0.717) is 0 Å². The third kappa shape index (κ3) is 6.47. The molecule has 1 atom stereocenters. The molecule has 1 rings (SSSR count). The first kappa shape index (κ1) is 15.8. The summed E-state index contributed by atoms with van der Waals surface area (Å²) in [5, 5.41) is 3.78. The highest BCUT2D eigenvalue weighted by atomic mass is 31.0. The second-order valence-corrected chi connectivity index (χ2v) is 5.78. The Bertz CT molecular complexity index is 438. The van der Waals surface area contributed by atoms with Crippen LogP contribution in [0.5, 0.6) is 5.88 Å². The van der Waals surface area contributed by atoms with E-state index < -0.39 is 23.8 Å². The molecule has 0 aliphatic heterocycles. The summed E-state index contributed by atoms with van der Waals surface area (Å²) in [7, 11) is 1.43. The van der Waals surface area contributed by atoms with Crippen LogP contribution in [-0.4, -0.2) is 33.7 Å². The molecule has 0 amide bonds. The molecule has 0 saturated carbocycles. The molecule has 0 spiro atoms. The van der Waals surface area contributed by atoms with Crippen LogP contribution >= 0.6 is 9.24 Å². The number of ether oxygens (including phenoxy) is 2. The predicted molar refractivity (Wildman–Crippen MR) is 68.6 cm³/mol. The fourth-order valence-electron chi connectivity index (χ4n) is 1.09. The number of halogens is 2. The average molecular weight is 294 g/mol. The Morgan fingerprint density at radius 3 is 2.63 bits per heavy atom. The Morgan fingerprint density at radius 1 is 1.47 bits per heavy atom. The molecule has 0 aliphatic rings. The van der Waals surface area contributed by atoms with E-state index in [1.54, 1.807) is 20.8 Å². The van der Waals surface area contributed by atoms with Crippen molar-refractivity contribution in [2.24, 2.45) is 0 Å². The average Bonchev–Trinajstić information content (AvgIpc) is 2.61. The quantitative estimate of drug-likeness (QED) is 0.801. The maximum absolute atomic E-state index is 12.5. The predicted octanol–water partition coefficient (Wildman–Crippen LogP) is 2.90. The fourth-order valence-corrected chi connectivity index (χ4v) is 1.20. The third-order valence-electron chi connectivity index (χ3n) is 1.83. The molecule has 0 aliphatic carbocycles. The molecule has 0 aromatic carbocycles. The van der Waals surface area contributed by atoms with Gasteiger partial charge in [-0.05, 0) is 20.8 Å². The van der Waals surface area contributed by atoms with Crippen LogP contribution in [0.25, 0.3) is 0 Å². The second kappa shape index (κ2) is 5.82. The van der Waals surface area contributed by atoms with Crippen LogP contribution in [0, 0.1) is 0 Å². The zero-order chi connectivity index (χ0) is 14.7. The second-order valence-electron chi connectivity index (χ2n) is 4.94. The third-order valence-corrected chi connectivity index (χ3v) is 2.12. The highest BCUT2D eigenvalue weighted by molar-refractivity contribution is 7.18. The number of carbonyl (C=O) groups excluding carboxylic acids is 1. The topological polar surface area (TPSA) is 53.4 Å². The highest BCUT2D eigenvalue weighted by Crippen LogP contribution is 2.26. The molecule has 108 valence electrons. The van der Waals surface area contributed by atoms with Crippen molar-refractivity contribution in [3.63, 3.8) is 0 Å². The van der Waals surface area contributed by atoms with Crippen molar-refractivity contribution >= 4 is 15.3 Å². The van der Waals surface area contributed by atoms with Crippen LogP contribution in [0.2, 0.25) is 0 Å². The van der Waals surface area contributed by atoms with Crippen molar-refractivity contribution in [3.8, 4) is 5.88 Å². The van der Waals surface area contributed by atoms with Crippen LogP contribution in [0.3, 0.4) is 0 Å². The molecule has 0 bridgehead atoms. The molecular formula is C11H17F2N2O3P. The lowest BCUT2D eigenvalue weighted by atomic mass is 10.2. The van der Waals surface area contributed by atoms with Gasteiger partial charge in [-0.15, -0.1) is 5.10 Å². The molecule has 8 heteroatoms. The van der Waals surface area contributed by atoms with Gasteiger partial charge in [0.05, 0.1) is 6.61 Å². The Balaban J connectivity index is 2.51. The van der Waals surface area contributed by atoms with Gasteiger partial charge in [0.1, 0.15) is 5.60 Å². The first-order valence-electron chi connectivity index (χ1n) is 5.65. The lowest BCUT2D eigenvalue weighted by Crippen LogP contribution is -2.27. The molecule has 1 aromatic rings. The van der Waals surface area contributed by atoms with Gasteiger partial charge in [0.25, 0.3) is 5.66 Å². The molecule has 0 saturated heterocycles. The summed E-state index contributed by atoms with van der Waals surface area (Å²) in [5.41, 5.74) is -3.50. The first-order valence-corrected chi connectivity index (χ1v) is 6.23. The number of carbonyl (C=O) groups is 1. The van der Waals surface area contributed by atoms with Gasteiger partial charge in [-0.3, -0.25) is 0 Å². The van der Waals surface area contributed by atoms with E-state index >= 15 is 0 Å². The van der Waals surface area contributed by atoms with E-state index in [0.717, 1.165) is 4.68 Å². The van der Waals surface area contributed by atoms with E-state index in [4.69, 9.17) is 9.47 Å². The monoisotopic (exact) mass is 294 g/mol. The smallest absolute Gasteiger partial charge is 0.435 e. The van der Waals surface area contributed by atoms with Gasteiger partial charge in [0.2, 0.25) is 5.88 Å². The van der Waals surface area contributed by atoms with Gasteiger partial charge in [0.15, 0.2) is 0 Å². The lowest BCUT2D eigenvalue weighted by Gasteiger charge is -2.18. The summed E-state index contributed by atoms with van der Waals surface area (Å²) in [6.45, 7) is 4.99. The minimum absolute atomic E-state index is 0.0973. The Labute approximate surface area is 112 Å². The molecule has 0 fully saturated rings. The molecular weight excluding hydrogens is 277 g/mol. The van der Waals surface area contributed by atoms with Crippen LogP contribution in [0.15, 0.2) is 12.3 Å². The van der Waals surface area contributed by atoms with E-state index in [9.17, 15) is 13.6 Å². The summed E-state index contributed by atoms with van der Waals surface area (Å²) in [6.07, 6.45) is 0.248. The van der Waals surface area contributed by atoms with E-state index in [-0.39, 0.29) is 12.5 Å². The van der Waals surface area contributed by atoms with Gasteiger partial charge < -0.3 is 9.47 Å². The first-order chi connectivity index (χ1) is 8.57. The van der Waals surface area contributed by atoms with E-state index in [1.807, 2.05) is 0 Å². The standard InChI is InChI=1S/C11H17F2N2O3P/c1-10(2,3)18-9(16)15-6-4-8(14-15)17-7-5-11(12,13)19/h4,6H,5,7,19H2,1-3H3. The van der Waals surface area contributed by atoms with Crippen LogP contribution < -0.4 is 4.74 Å². The summed E-state index contributed by atoms with van der Waals surface area (Å²) in [4.78, 5) is 11.6. The van der Waals surface area contributed by atoms with Gasteiger partial charge in [0, 0.05) is 18.7 Å². The van der Waals surface area contributed by atoms with Gasteiger partial charge in [-0.1, -0.05) is 9.24 Å². The minimum Gasteiger partial charge on any atom is -0.476 e. The van der Waals surface area contributed by atoms with Crippen molar-refractivity contribution in [1.82, 2.24) is 9.78 Å². The number of alkyl halides is 2. The molecule has 19 heavy (non-hydrogen) atoms. The van der Waals surface area contributed by atoms with Crippen molar-refractivity contribution in [1.29, 1.82) is 0 Å².